The van der Waals surface area contributed by atoms with Gasteiger partial charge in [0.25, 0.3) is 0 Å². The van der Waals surface area contributed by atoms with Crippen molar-refractivity contribution in [2.75, 3.05) is 13.7 Å². The van der Waals surface area contributed by atoms with Gasteiger partial charge in [-0.05, 0) is 50.3 Å². The maximum Gasteiger partial charge on any atom is 0.125 e. The van der Waals surface area contributed by atoms with Gasteiger partial charge in [0, 0.05) is 0 Å². The molecule has 0 bridgehead atoms. The van der Waals surface area contributed by atoms with Gasteiger partial charge in [-0.1, -0.05) is 24.6 Å². The van der Waals surface area contributed by atoms with E-state index in [0.717, 1.165) is 25.1 Å². The summed E-state index contributed by atoms with van der Waals surface area (Å²) in [6, 6.07) is 4.39. The molecular weight excluding hydrogens is 198 g/mol. The fourth-order valence-corrected chi connectivity index (χ4v) is 2.21. The lowest BCUT2D eigenvalue weighted by atomic mass is 9.92. The van der Waals surface area contributed by atoms with Crippen molar-refractivity contribution < 1.29 is 4.74 Å². The Morgan fingerprint density at radius 1 is 1.31 bits per heavy atom. The minimum Gasteiger partial charge on any atom is -0.496 e. The van der Waals surface area contributed by atoms with Crippen LogP contribution in [-0.2, 0) is 0 Å². The van der Waals surface area contributed by atoms with Gasteiger partial charge in [-0.2, -0.15) is 0 Å². The Balaban J connectivity index is 3.00. The van der Waals surface area contributed by atoms with Crippen LogP contribution in [0, 0.1) is 13.8 Å². The highest BCUT2D eigenvalue weighted by Crippen LogP contribution is 2.33. The molecule has 2 N–H and O–H groups in total. The van der Waals surface area contributed by atoms with Crippen molar-refractivity contribution in [2.45, 2.75) is 39.5 Å². The number of ether oxygens (including phenoxy) is 1. The third kappa shape index (κ3) is 2.99. The zero-order valence-corrected chi connectivity index (χ0v) is 10.8. The lowest BCUT2D eigenvalue weighted by Crippen LogP contribution is -2.04. The molecule has 0 saturated heterocycles. The van der Waals surface area contributed by atoms with Crippen LogP contribution in [0.3, 0.4) is 0 Å². The molecule has 0 fully saturated rings. The summed E-state index contributed by atoms with van der Waals surface area (Å²) in [5.41, 5.74) is 9.39. The molecular formula is C14H23NO. The molecule has 1 unspecified atom stereocenters. The highest BCUT2D eigenvalue weighted by atomic mass is 16.5. The highest BCUT2D eigenvalue weighted by molar-refractivity contribution is 5.45. The minimum atomic E-state index is 0.511. The number of nitrogens with two attached hydrogens (primary N) is 1. The molecule has 2 nitrogen and oxygen atoms in total. The van der Waals surface area contributed by atoms with E-state index < -0.39 is 0 Å². The van der Waals surface area contributed by atoms with E-state index in [9.17, 15) is 0 Å². The minimum absolute atomic E-state index is 0.511. The number of methoxy groups -OCH3 is 1. The molecule has 2 heteroatoms. The van der Waals surface area contributed by atoms with Gasteiger partial charge in [0.05, 0.1) is 7.11 Å². The number of benzene rings is 1. The van der Waals surface area contributed by atoms with Crippen LogP contribution >= 0.6 is 0 Å². The highest BCUT2D eigenvalue weighted by Gasteiger charge is 2.13. The standard InChI is InChI=1S/C14H23NO/c1-10-8-12(3)14(16-4)13(9-10)11(2)6-5-7-15/h8-9,11H,5-7,15H2,1-4H3. The van der Waals surface area contributed by atoms with E-state index in [2.05, 4.69) is 32.9 Å². The average molecular weight is 221 g/mol. The molecule has 0 aliphatic carbocycles. The molecule has 16 heavy (non-hydrogen) atoms. The Kier molecular flexibility index (Phi) is 4.81. The summed E-state index contributed by atoms with van der Waals surface area (Å²) in [5, 5.41) is 0. The van der Waals surface area contributed by atoms with E-state index in [1.165, 1.54) is 16.7 Å². The van der Waals surface area contributed by atoms with Crippen molar-refractivity contribution in [3.63, 3.8) is 0 Å². The van der Waals surface area contributed by atoms with E-state index in [4.69, 9.17) is 10.5 Å². The Hall–Kier alpha value is -1.02. The molecule has 1 aromatic carbocycles. The molecule has 1 aromatic rings. The monoisotopic (exact) mass is 221 g/mol. The molecule has 0 radical (unpaired) electrons. The Bertz CT molecular complexity index is 347. The summed E-state index contributed by atoms with van der Waals surface area (Å²) in [5.74, 6) is 1.55. The number of rotatable bonds is 5. The van der Waals surface area contributed by atoms with E-state index >= 15 is 0 Å². The largest absolute Gasteiger partial charge is 0.496 e. The Morgan fingerprint density at radius 2 is 2.00 bits per heavy atom. The Morgan fingerprint density at radius 3 is 2.56 bits per heavy atom. The van der Waals surface area contributed by atoms with Crippen LogP contribution in [-0.4, -0.2) is 13.7 Å². The van der Waals surface area contributed by atoms with E-state index in [0.29, 0.717) is 5.92 Å². The topological polar surface area (TPSA) is 35.2 Å². The third-order valence-corrected chi connectivity index (χ3v) is 3.02. The molecule has 0 spiro atoms. The molecule has 1 rings (SSSR count). The fraction of sp³-hybridized carbons (Fsp3) is 0.571. The normalized spacial score (nSPS) is 12.6. The first kappa shape index (κ1) is 13.0. The third-order valence-electron chi connectivity index (χ3n) is 3.02. The van der Waals surface area contributed by atoms with Crippen LogP contribution in [0.1, 0.15) is 42.4 Å². The second kappa shape index (κ2) is 5.90. The van der Waals surface area contributed by atoms with Crippen LogP contribution in [0.25, 0.3) is 0 Å². The lowest BCUT2D eigenvalue weighted by molar-refractivity contribution is 0.401. The van der Waals surface area contributed by atoms with Gasteiger partial charge in [0.15, 0.2) is 0 Å². The first-order valence-corrected chi connectivity index (χ1v) is 5.95. The number of hydrogen-bond donors (Lipinski definition) is 1. The zero-order chi connectivity index (χ0) is 12.1. The van der Waals surface area contributed by atoms with Gasteiger partial charge in [-0.15, -0.1) is 0 Å². The summed E-state index contributed by atoms with van der Waals surface area (Å²) in [7, 11) is 1.75. The fourth-order valence-electron chi connectivity index (χ4n) is 2.21. The van der Waals surface area contributed by atoms with Gasteiger partial charge in [-0.3, -0.25) is 0 Å². The maximum atomic E-state index is 5.55. The molecule has 0 saturated carbocycles. The molecule has 0 aliphatic rings. The first-order chi connectivity index (χ1) is 7.60. The van der Waals surface area contributed by atoms with Crippen LogP contribution in [0.15, 0.2) is 12.1 Å². The van der Waals surface area contributed by atoms with Crippen LogP contribution in [0.4, 0.5) is 0 Å². The molecule has 0 aliphatic heterocycles. The lowest BCUT2D eigenvalue weighted by Gasteiger charge is -2.18. The summed E-state index contributed by atoms with van der Waals surface area (Å²) in [4.78, 5) is 0. The number of aryl methyl sites for hydroxylation is 2. The van der Waals surface area contributed by atoms with E-state index in [-0.39, 0.29) is 0 Å². The van der Waals surface area contributed by atoms with E-state index in [1.54, 1.807) is 7.11 Å². The SMILES string of the molecule is COc1c(C)cc(C)cc1C(C)CCCN. The summed E-state index contributed by atoms with van der Waals surface area (Å²) < 4.78 is 5.50. The van der Waals surface area contributed by atoms with Crippen molar-refractivity contribution in [1.82, 2.24) is 0 Å². The van der Waals surface area contributed by atoms with Crippen molar-refractivity contribution in [3.8, 4) is 5.75 Å². The second-order valence-corrected chi connectivity index (χ2v) is 4.54. The van der Waals surface area contributed by atoms with E-state index in [1.807, 2.05) is 0 Å². The van der Waals surface area contributed by atoms with Crippen LogP contribution in [0.2, 0.25) is 0 Å². The molecule has 90 valence electrons. The zero-order valence-electron chi connectivity index (χ0n) is 10.8. The van der Waals surface area contributed by atoms with Gasteiger partial charge >= 0.3 is 0 Å². The predicted molar refractivity (Wildman–Crippen MR) is 69.2 cm³/mol. The van der Waals surface area contributed by atoms with Crippen LogP contribution in [0.5, 0.6) is 5.75 Å². The second-order valence-electron chi connectivity index (χ2n) is 4.54. The molecule has 0 heterocycles. The van der Waals surface area contributed by atoms with Crippen molar-refractivity contribution in [2.24, 2.45) is 5.73 Å². The quantitative estimate of drug-likeness (QED) is 0.829. The molecule has 0 amide bonds. The predicted octanol–water partition coefficient (Wildman–Crippen LogP) is 3.15. The van der Waals surface area contributed by atoms with Gasteiger partial charge < -0.3 is 10.5 Å². The average Bonchev–Trinajstić information content (AvgIpc) is 2.24. The van der Waals surface area contributed by atoms with Crippen LogP contribution < -0.4 is 10.5 Å². The van der Waals surface area contributed by atoms with Crippen molar-refractivity contribution in [3.05, 3.63) is 28.8 Å². The Labute approximate surface area is 98.8 Å². The summed E-state index contributed by atoms with van der Waals surface area (Å²) in [6.45, 7) is 7.24. The summed E-state index contributed by atoms with van der Waals surface area (Å²) >= 11 is 0. The molecule has 0 aromatic heterocycles. The number of hydrogen-bond acceptors (Lipinski definition) is 2. The van der Waals surface area contributed by atoms with Crippen molar-refractivity contribution in [1.29, 1.82) is 0 Å². The van der Waals surface area contributed by atoms with Gasteiger partial charge in [0.2, 0.25) is 0 Å². The maximum absolute atomic E-state index is 5.55. The van der Waals surface area contributed by atoms with Gasteiger partial charge in [-0.25, -0.2) is 0 Å². The molecule has 1 atom stereocenters. The van der Waals surface area contributed by atoms with Gasteiger partial charge in [0.1, 0.15) is 5.75 Å². The smallest absolute Gasteiger partial charge is 0.125 e. The summed E-state index contributed by atoms with van der Waals surface area (Å²) in [6.07, 6.45) is 2.19. The first-order valence-electron chi connectivity index (χ1n) is 5.95. The van der Waals surface area contributed by atoms with Crippen molar-refractivity contribution >= 4 is 0 Å².